The highest BCUT2D eigenvalue weighted by atomic mass is 32.2. The topological polar surface area (TPSA) is 78.8 Å². The van der Waals surface area contributed by atoms with Crippen LogP contribution < -0.4 is 4.83 Å². The van der Waals surface area contributed by atoms with Crippen LogP contribution in [-0.2, 0) is 16.4 Å². The van der Waals surface area contributed by atoms with Crippen LogP contribution in [0.1, 0.15) is 17.5 Å². The summed E-state index contributed by atoms with van der Waals surface area (Å²) < 4.78 is 24.2. The van der Waals surface area contributed by atoms with Gasteiger partial charge < -0.3 is 5.11 Å². The molecule has 0 aliphatic heterocycles. The Hall–Kier alpha value is -2.34. The van der Waals surface area contributed by atoms with Crippen LogP contribution in [0.15, 0.2) is 58.5 Å². The molecule has 3 rings (SSSR count). The summed E-state index contributed by atoms with van der Waals surface area (Å²) in [5.74, 6) is 0.226. The number of phenolic OH excluding ortho intramolecular Hbond substituents is 1. The zero-order valence-electron chi connectivity index (χ0n) is 11.2. The highest BCUT2D eigenvalue weighted by Gasteiger charge is 2.21. The van der Waals surface area contributed by atoms with E-state index < -0.39 is 10.0 Å². The molecule has 2 aromatic rings. The summed E-state index contributed by atoms with van der Waals surface area (Å²) in [6.07, 6.45) is 1.26. The molecule has 0 spiro atoms. The van der Waals surface area contributed by atoms with Crippen molar-refractivity contribution in [2.45, 2.75) is 17.7 Å². The van der Waals surface area contributed by atoms with Crippen LogP contribution in [0, 0.1) is 0 Å². The third-order valence-electron chi connectivity index (χ3n) is 3.43. The Bertz CT molecular complexity index is 799. The van der Waals surface area contributed by atoms with Crippen molar-refractivity contribution in [2.24, 2.45) is 5.10 Å². The van der Waals surface area contributed by atoms with Crippen molar-refractivity contribution in [3.05, 3.63) is 59.7 Å². The summed E-state index contributed by atoms with van der Waals surface area (Å²) in [4.78, 5) is 2.43. The molecule has 0 heterocycles. The monoisotopic (exact) mass is 302 g/mol. The fraction of sp³-hybridized carbons (Fsp3) is 0.133. The van der Waals surface area contributed by atoms with Crippen LogP contribution in [0.25, 0.3) is 0 Å². The van der Waals surface area contributed by atoms with E-state index >= 15 is 0 Å². The van der Waals surface area contributed by atoms with Crippen LogP contribution in [0.3, 0.4) is 0 Å². The number of hydrazone groups is 1. The molecule has 0 bridgehead atoms. The number of hydrogen-bond acceptors (Lipinski definition) is 4. The van der Waals surface area contributed by atoms with E-state index in [-0.39, 0.29) is 10.6 Å². The molecule has 6 heteroatoms. The normalized spacial score (nSPS) is 15.9. The molecule has 0 fully saturated rings. The minimum absolute atomic E-state index is 0.170. The molecule has 1 aliphatic carbocycles. The first-order valence-electron chi connectivity index (χ1n) is 6.52. The minimum atomic E-state index is -3.66. The summed E-state index contributed by atoms with van der Waals surface area (Å²) in [5, 5.41) is 13.8. The molecule has 0 amide bonds. The number of phenols is 1. The lowest BCUT2D eigenvalue weighted by molar-refractivity contribution is 0.469. The molecular formula is C15H14N2O3S. The van der Waals surface area contributed by atoms with E-state index in [1.54, 1.807) is 30.3 Å². The summed E-state index contributed by atoms with van der Waals surface area (Å²) in [7, 11) is -3.66. The van der Waals surface area contributed by atoms with E-state index in [0.717, 1.165) is 11.1 Å². The van der Waals surface area contributed by atoms with Gasteiger partial charge in [0.25, 0.3) is 10.0 Å². The molecule has 2 N–H and O–H groups in total. The summed E-state index contributed by atoms with van der Waals surface area (Å²) in [6.45, 7) is 0. The van der Waals surface area contributed by atoms with Gasteiger partial charge in [0.05, 0.1) is 10.6 Å². The van der Waals surface area contributed by atoms with E-state index in [9.17, 15) is 13.5 Å². The molecule has 0 saturated heterocycles. The maximum absolute atomic E-state index is 12.1. The molecule has 2 aromatic carbocycles. The first kappa shape index (κ1) is 13.6. The first-order chi connectivity index (χ1) is 10.1. The predicted molar refractivity (Wildman–Crippen MR) is 79.7 cm³/mol. The van der Waals surface area contributed by atoms with Gasteiger partial charge >= 0.3 is 0 Å². The maximum Gasteiger partial charge on any atom is 0.276 e. The number of hydrogen-bond donors (Lipinski definition) is 2. The molecule has 21 heavy (non-hydrogen) atoms. The number of rotatable bonds is 3. The van der Waals surface area contributed by atoms with Gasteiger partial charge in [-0.3, -0.25) is 0 Å². The Balaban J connectivity index is 1.88. The van der Waals surface area contributed by atoms with Gasteiger partial charge in [-0.1, -0.05) is 30.3 Å². The van der Waals surface area contributed by atoms with Crippen molar-refractivity contribution in [2.75, 3.05) is 0 Å². The molecule has 108 valence electrons. The first-order valence-corrected chi connectivity index (χ1v) is 8.01. The van der Waals surface area contributed by atoms with Gasteiger partial charge in [-0.15, -0.1) is 0 Å². The van der Waals surface area contributed by atoms with Crippen molar-refractivity contribution in [3.8, 4) is 5.75 Å². The number of aromatic hydroxyl groups is 1. The average Bonchev–Trinajstić information content (AvgIpc) is 2.91. The van der Waals surface area contributed by atoms with Crippen molar-refractivity contribution in [1.82, 2.24) is 4.83 Å². The molecule has 1 aliphatic rings. The number of nitrogens with zero attached hydrogens (tertiary/aromatic N) is 1. The zero-order chi connectivity index (χ0) is 14.9. The Labute approximate surface area is 123 Å². The van der Waals surface area contributed by atoms with E-state index in [1.807, 2.05) is 6.07 Å². The second kappa shape index (κ2) is 5.21. The summed E-state index contributed by atoms with van der Waals surface area (Å²) in [5.41, 5.74) is 2.25. The standard InChI is InChI=1S/C15H14N2O3S/c18-15-8-4-7-12-13(15)9-10-14(12)16-17-21(19,20)11-5-2-1-3-6-11/h1-8,17-18H,9-10H2. The van der Waals surface area contributed by atoms with Crippen LogP contribution in [0.5, 0.6) is 5.75 Å². The number of benzene rings is 2. The van der Waals surface area contributed by atoms with Crippen molar-refractivity contribution >= 4 is 15.7 Å². The van der Waals surface area contributed by atoms with Gasteiger partial charge in [-0.05, 0) is 31.0 Å². The molecule has 0 unspecified atom stereocenters. The Morgan fingerprint density at radius 1 is 1.00 bits per heavy atom. The van der Waals surface area contributed by atoms with Crippen LogP contribution in [-0.4, -0.2) is 19.2 Å². The molecule has 0 radical (unpaired) electrons. The lowest BCUT2D eigenvalue weighted by Crippen LogP contribution is -2.20. The zero-order valence-corrected chi connectivity index (χ0v) is 12.0. The second-order valence-corrected chi connectivity index (χ2v) is 6.43. The van der Waals surface area contributed by atoms with E-state index in [4.69, 9.17) is 0 Å². The lowest BCUT2D eigenvalue weighted by Gasteiger charge is -2.05. The third-order valence-corrected chi connectivity index (χ3v) is 4.65. The Morgan fingerprint density at radius 3 is 2.52 bits per heavy atom. The Kier molecular flexibility index (Phi) is 3.39. The molecule has 0 atom stereocenters. The second-order valence-electron chi connectivity index (χ2n) is 4.77. The van der Waals surface area contributed by atoms with Crippen LogP contribution in [0.4, 0.5) is 0 Å². The summed E-state index contributed by atoms with van der Waals surface area (Å²) in [6, 6.07) is 13.3. The van der Waals surface area contributed by atoms with Crippen LogP contribution in [0.2, 0.25) is 0 Å². The van der Waals surface area contributed by atoms with Gasteiger partial charge in [-0.25, -0.2) is 0 Å². The number of fused-ring (bicyclic) bond motifs is 1. The Morgan fingerprint density at radius 2 is 1.76 bits per heavy atom. The molecular weight excluding hydrogens is 288 g/mol. The van der Waals surface area contributed by atoms with Gasteiger partial charge in [-0.2, -0.15) is 18.4 Å². The van der Waals surface area contributed by atoms with Crippen molar-refractivity contribution in [1.29, 1.82) is 0 Å². The minimum Gasteiger partial charge on any atom is -0.508 e. The van der Waals surface area contributed by atoms with Gasteiger partial charge in [0.1, 0.15) is 5.75 Å². The van der Waals surface area contributed by atoms with Gasteiger partial charge in [0.15, 0.2) is 0 Å². The molecule has 5 nitrogen and oxygen atoms in total. The maximum atomic E-state index is 12.1. The lowest BCUT2D eigenvalue weighted by atomic mass is 10.1. The molecule has 0 aromatic heterocycles. The van der Waals surface area contributed by atoms with Crippen LogP contribution >= 0.6 is 0 Å². The van der Waals surface area contributed by atoms with Crippen molar-refractivity contribution in [3.63, 3.8) is 0 Å². The smallest absolute Gasteiger partial charge is 0.276 e. The average molecular weight is 302 g/mol. The fourth-order valence-electron chi connectivity index (χ4n) is 2.37. The quantitative estimate of drug-likeness (QED) is 0.851. The van der Waals surface area contributed by atoms with Gasteiger partial charge in [0, 0.05) is 11.1 Å². The predicted octanol–water partition coefficient (Wildman–Crippen LogP) is 2.02. The third kappa shape index (κ3) is 2.62. The highest BCUT2D eigenvalue weighted by Crippen LogP contribution is 2.29. The highest BCUT2D eigenvalue weighted by molar-refractivity contribution is 7.89. The van der Waals surface area contributed by atoms with E-state index in [1.165, 1.54) is 12.1 Å². The number of nitrogens with one attached hydrogen (secondary N) is 1. The molecule has 0 saturated carbocycles. The fourth-order valence-corrected chi connectivity index (χ4v) is 3.22. The van der Waals surface area contributed by atoms with E-state index in [2.05, 4.69) is 9.93 Å². The van der Waals surface area contributed by atoms with Gasteiger partial charge in [0.2, 0.25) is 0 Å². The summed E-state index contributed by atoms with van der Waals surface area (Å²) >= 11 is 0. The number of sulfonamides is 1. The van der Waals surface area contributed by atoms with E-state index in [0.29, 0.717) is 18.6 Å². The SMILES string of the molecule is O=S(=O)(NN=C1CCc2c(O)cccc21)c1ccccc1. The largest absolute Gasteiger partial charge is 0.508 e. The van der Waals surface area contributed by atoms with Crippen molar-refractivity contribution < 1.29 is 13.5 Å².